The first-order valence-electron chi connectivity index (χ1n) is 9.74. The maximum Gasteiger partial charge on any atom is 0.308 e. The summed E-state index contributed by atoms with van der Waals surface area (Å²) in [7, 11) is 0. The predicted molar refractivity (Wildman–Crippen MR) is 111 cm³/mol. The first-order chi connectivity index (χ1) is 14.5. The van der Waals surface area contributed by atoms with E-state index in [2.05, 4.69) is 0 Å². The topological polar surface area (TPSA) is 84.0 Å². The fourth-order valence-electron chi connectivity index (χ4n) is 3.60. The number of halogens is 1. The van der Waals surface area contributed by atoms with E-state index in [9.17, 15) is 23.6 Å². The van der Waals surface area contributed by atoms with Crippen molar-refractivity contribution in [2.75, 3.05) is 4.90 Å². The second kappa shape index (κ2) is 8.29. The van der Waals surface area contributed by atoms with Gasteiger partial charge in [-0.25, -0.2) is 9.29 Å². The molecule has 2 aromatic rings. The molecule has 0 spiro atoms. The number of anilines is 1. The van der Waals surface area contributed by atoms with Crippen molar-refractivity contribution in [3.8, 4) is 5.75 Å². The number of ether oxygens (including phenoxy) is 1. The minimum absolute atomic E-state index is 0.165. The van der Waals surface area contributed by atoms with E-state index in [1.807, 2.05) is 0 Å². The summed E-state index contributed by atoms with van der Waals surface area (Å²) in [5.41, 5.74) is -0.725. The van der Waals surface area contributed by atoms with Crippen LogP contribution < -0.4 is 9.64 Å². The molecule has 162 valence electrons. The van der Waals surface area contributed by atoms with Gasteiger partial charge in [0.05, 0.1) is 17.7 Å². The molecule has 0 bridgehead atoms. The zero-order valence-electron chi connectivity index (χ0n) is 17.7. The van der Waals surface area contributed by atoms with Gasteiger partial charge in [0.15, 0.2) is 0 Å². The molecular formula is C23H23FN2O5. The Hall–Kier alpha value is -3.55. The van der Waals surface area contributed by atoms with Crippen LogP contribution in [0.5, 0.6) is 5.75 Å². The van der Waals surface area contributed by atoms with Gasteiger partial charge in [-0.1, -0.05) is 12.1 Å². The molecule has 2 aromatic carbocycles. The van der Waals surface area contributed by atoms with Crippen LogP contribution in [0.1, 0.15) is 44.5 Å². The van der Waals surface area contributed by atoms with E-state index in [4.69, 9.17) is 4.74 Å². The number of nitrogens with zero attached hydrogens (tertiary/aromatic N) is 2. The van der Waals surface area contributed by atoms with Crippen LogP contribution in [0.4, 0.5) is 10.1 Å². The summed E-state index contributed by atoms with van der Waals surface area (Å²) in [6.07, 6.45) is -0.220. The van der Waals surface area contributed by atoms with E-state index in [-0.39, 0.29) is 17.7 Å². The summed E-state index contributed by atoms with van der Waals surface area (Å²) in [6, 6.07) is 10.4. The summed E-state index contributed by atoms with van der Waals surface area (Å²) < 4.78 is 19.2. The van der Waals surface area contributed by atoms with E-state index < -0.39 is 41.1 Å². The number of rotatable bonds is 4. The third kappa shape index (κ3) is 4.47. The highest BCUT2D eigenvalue weighted by Crippen LogP contribution is 2.32. The monoisotopic (exact) mass is 426 g/mol. The molecule has 1 aliphatic rings. The molecule has 31 heavy (non-hydrogen) atoms. The summed E-state index contributed by atoms with van der Waals surface area (Å²) in [5.74, 6) is -2.64. The number of esters is 1. The smallest absolute Gasteiger partial charge is 0.308 e. The lowest BCUT2D eigenvalue weighted by atomic mass is 9.99. The SMILES string of the molecule is CC(=O)Oc1ccc(N2C(=O)CC(N(C(=O)c3ccccc3F)C(C)(C)C)C2=O)cc1. The summed E-state index contributed by atoms with van der Waals surface area (Å²) >= 11 is 0. The number of hydrogen-bond acceptors (Lipinski definition) is 5. The van der Waals surface area contributed by atoms with Gasteiger partial charge in [-0.15, -0.1) is 0 Å². The first kappa shape index (κ1) is 22.1. The molecule has 1 aliphatic heterocycles. The van der Waals surface area contributed by atoms with Gasteiger partial charge in [-0.2, -0.15) is 0 Å². The van der Waals surface area contributed by atoms with Crippen LogP contribution in [0.2, 0.25) is 0 Å². The minimum Gasteiger partial charge on any atom is -0.427 e. The second-order valence-corrected chi connectivity index (χ2v) is 8.20. The molecule has 0 saturated carbocycles. The molecule has 0 radical (unpaired) electrons. The molecule has 3 amide bonds. The lowest BCUT2D eigenvalue weighted by Crippen LogP contribution is -2.54. The zero-order valence-corrected chi connectivity index (χ0v) is 17.7. The van der Waals surface area contributed by atoms with E-state index in [1.54, 1.807) is 20.8 Å². The van der Waals surface area contributed by atoms with E-state index >= 15 is 0 Å². The van der Waals surface area contributed by atoms with Crippen LogP contribution >= 0.6 is 0 Å². The Balaban J connectivity index is 1.93. The highest BCUT2D eigenvalue weighted by molar-refractivity contribution is 6.23. The average Bonchev–Trinajstić information content (AvgIpc) is 2.95. The van der Waals surface area contributed by atoms with Crippen molar-refractivity contribution in [3.63, 3.8) is 0 Å². The summed E-state index contributed by atoms with van der Waals surface area (Å²) in [6.45, 7) is 6.43. The van der Waals surface area contributed by atoms with Crippen molar-refractivity contribution in [2.45, 2.75) is 45.7 Å². The van der Waals surface area contributed by atoms with Crippen LogP contribution in [0.15, 0.2) is 48.5 Å². The Morgan fingerprint density at radius 1 is 1.06 bits per heavy atom. The molecule has 7 nitrogen and oxygen atoms in total. The molecule has 0 N–H and O–H groups in total. The number of carbonyl (C=O) groups is 4. The number of imide groups is 1. The number of carbonyl (C=O) groups excluding carboxylic acids is 4. The van der Waals surface area contributed by atoms with Crippen LogP contribution in [-0.4, -0.2) is 40.2 Å². The van der Waals surface area contributed by atoms with Gasteiger partial charge in [0.1, 0.15) is 17.6 Å². The predicted octanol–water partition coefficient (Wildman–Crippen LogP) is 3.32. The third-order valence-corrected chi connectivity index (χ3v) is 4.84. The normalized spacial score (nSPS) is 16.4. The Morgan fingerprint density at radius 3 is 2.23 bits per heavy atom. The Labute approximate surface area is 179 Å². The lowest BCUT2D eigenvalue weighted by Gasteiger charge is -2.39. The van der Waals surface area contributed by atoms with Crippen LogP contribution in [0.3, 0.4) is 0 Å². The minimum atomic E-state index is -1.08. The number of amides is 3. The van der Waals surface area contributed by atoms with Gasteiger partial charge < -0.3 is 9.64 Å². The van der Waals surface area contributed by atoms with Gasteiger partial charge in [0, 0.05) is 12.5 Å². The molecule has 8 heteroatoms. The van der Waals surface area contributed by atoms with Crippen molar-refractivity contribution in [1.29, 1.82) is 0 Å². The first-order valence-corrected chi connectivity index (χ1v) is 9.74. The van der Waals surface area contributed by atoms with Gasteiger partial charge in [-0.3, -0.25) is 19.2 Å². The lowest BCUT2D eigenvalue weighted by molar-refractivity contribution is -0.132. The van der Waals surface area contributed by atoms with E-state index in [1.165, 1.54) is 60.4 Å². The highest BCUT2D eigenvalue weighted by Gasteiger charge is 2.48. The maximum atomic E-state index is 14.3. The van der Waals surface area contributed by atoms with Gasteiger partial charge in [0.25, 0.3) is 11.8 Å². The summed E-state index contributed by atoms with van der Waals surface area (Å²) in [5, 5.41) is 0. The fraction of sp³-hybridized carbons (Fsp3) is 0.304. The highest BCUT2D eigenvalue weighted by atomic mass is 19.1. The molecular weight excluding hydrogens is 403 g/mol. The zero-order chi connectivity index (χ0) is 22.9. The number of benzene rings is 2. The molecule has 1 unspecified atom stereocenters. The molecule has 1 saturated heterocycles. The van der Waals surface area contributed by atoms with Gasteiger partial charge in [-0.05, 0) is 57.2 Å². The molecule has 1 fully saturated rings. The second-order valence-electron chi connectivity index (χ2n) is 8.20. The number of hydrogen-bond donors (Lipinski definition) is 0. The standard InChI is InChI=1S/C23H23FN2O5/c1-14(27)31-16-11-9-15(10-12-16)25-20(28)13-19(22(25)30)26(23(2,3)4)21(29)17-7-5-6-8-18(17)24/h5-12,19H,13H2,1-4H3. The fourth-order valence-corrected chi connectivity index (χ4v) is 3.60. The van der Waals surface area contributed by atoms with Crippen molar-refractivity contribution < 1.29 is 28.3 Å². The Bertz CT molecular complexity index is 1040. The molecule has 1 atom stereocenters. The molecule has 1 heterocycles. The van der Waals surface area contributed by atoms with Crippen molar-refractivity contribution in [1.82, 2.24) is 4.90 Å². The van der Waals surface area contributed by atoms with Crippen molar-refractivity contribution >= 4 is 29.4 Å². The van der Waals surface area contributed by atoms with E-state index in [0.717, 1.165) is 4.90 Å². The van der Waals surface area contributed by atoms with Crippen LogP contribution in [-0.2, 0) is 14.4 Å². The maximum absolute atomic E-state index is 14.3. The van der Waals surface area contributed by atoms with Crippen molar-refractivity contribution in [2.24, 2.45) is 0 Å². The van der Waals surface area contributed by atoms with Gasteiger partial charge >= 0.3 is 5.97 Å². The van der Waals surface area contributed by atoms with E-state index in [0.29, 0.717) is 5.69 Å². The summed E-state index contributed by atoms with van der Waals surface area (Å²) in [4.78, 5) is 52.5. The Kier molecular flexibility index (Phi) is 5.92. The quantitative estimate of drug-likeness (QED) is 0.425. The molecule has 3 rings (SSSR count). The largest absolute Gasteiger partial charge is 0.427 e. The van der Waals surface area contributed by atoms with Gasteiger partial charge in [0.2, 0.25) is 5.91 Å². The average molecular weight is 426 g/mol. The third-order valence-electron chi connectivity index (χ3n) is 4.84. The van der Waals surface area contributed by atoms with Crippen LogP contribution in [0.25, 0.3) is 0 Å². The molecule has 0 aromatic heterocycles. The molecule has 0 aliphatic carbocycles. The van der Waals surface area contributed by atoms with Crippen LogP contribution in [0, 0.1) is 5.82 Å². The Morgan fingerprint density at radius 2 is 1.68 bits per heavy atom. The van der Waals surface area contributed by atoms with Crippen molar-refractivity contribution in [3.05, 3.63) is 59.9 Å².